The number of carbonyl (C=O) groups is 1. The van der Waals surface area contributed by atoms with Crippen LogP contribution in [0.5, 0.6) is 0 Å². The molecule has 7 rings (SSSR count). The van der Waals surface area contributed by atoms with Gasteiger partial charge in [-0.15, -0.1) is 0 Å². The predicted octanol–water partition coefficient (Wildman–Crippen LogP) is 3.93. The van der Waals surface area contributed by atoms with Gasteiger partial charge in [-0.3, -0.25) is 19.4 Å². The Hall–Kier alpha value is -3.92. The van der Waals surface area contributed by atoms with E-state index in [-0.39, 0.29) is 30.8 Å². The second-order valence-electron chi connectivity index (χ2n) is 11.7. The summed E-state index contributed by atoms with van der Waals surface area (Å²) in [5.74, 6) is -0.907. The summed E-state index contributed by atoms with van der Waals surface area (Å²) in [5, 5.41) is 12.3. The van der Waals surface area contributed by atoms with Gasteiger partial charge in [0.15, 0.2) is 0 Å². The highest BCUT2D eigenvalue weighted by molar-refractivity contribution is 5.88. The molecule has 9 heteroatoms. The maximum Gasteiger partial charge on any atom is 0.309 e. The molecule has 1 saturated heterocycles. The average molecular weight is 569 g/mol. The minimum atomic E-state index is -1.51. The fourth-order valence-electron chi connectivity index (χ4n) is 6.69. The largest absolute Gasteiger partial charge is 0.460 e. The van der Waals surface area contributed by atoms with E-state index in [9.17, 15) is 19.1 Å². The number of hydrogen-bond donors (Lipinski definition) is 1. The molecule has 1 atom stereocenters. The number of ether oxygens (including phenoxy) is 1. The molecule has 42 heavy (non-hydrogen) atoms. The first-order valence-corrected chi connectivity index (χ1v) is 14.6. The number of nitrogens with zero attached hydrogens (tertiary/aromatic N) is 4. The monoisotopic (exact) mass is 568 g/mol. The van der Waals surface area contributed by atoms with Crippen molar-refractivity contribution in [3.8, 4) is 11.4 Å². The standard InChI is InChI=1S/C33H33FN4O4/c1-2-33(41)16-30(39)42-20-26-27(33)15-29-31-25(19-38(29)32(26)40)24(23-9-8-22(34)14-28(23)35-31)18-37-12-10-36(11-13-37)17-21-6-4-3-5-7-21/h3-9,14-15,41H,2,10-13,16-20H2,1H3. The van der Waals surface area contributed by atoms with Crippen LogP contribution in [0, 0.1) is 5.82 Å². The smallest absolute Gasteiger partial charge is 0.309 e. The van der Waals surface area contributed by atoms with Gasteiger partial charge in [0.25, 0.3) is 5.56 Å². The van der Waals surface area contributed by atoms with Gasteiger partial charge in [0.2, 0.25) is 0 Å². The van der Waals surface area contributed by atoms with E-state index in [0.29, 0.717) is 41.1 Å². The Morgan fingerprint density at radius 2 is 1.71 bits per heavy atom. The van der Waals surface area contributed by atoms with Crippen molar-refractivity contribution in [2.24, 2.45) is 0 Å². The van der Waals surface area contributed by atoms with Crippen LogP contribution < -0.4 is 5.56 Å². The Labute approximate surface area is 243 Å². The summed E-state index contributed by atoms with van der Waals surface area (Å²) in [7, 11) is 0. The summed E-state index contributed by atoms with van der Waals surface area (Å²) in [4.78, 5) is 35.8. The van der Waals surface area contributed by atoms with Crippen molar-refractivity contribution in [1.29, 1.82) is 0 Å². The van der Waals surface area contributed by atoms with Crippen molar-refractivity contribution in [1.82, 2.24) is 19.4 Å². The van der Waals surface area contributed by atoms with Crippen LogP contribution in [0.15, 0.2) is 59.4 Å². The van der Waals surface area contributed by atoms with Crippen molar-refractivity contribution >= 4 is 16.9 Å². The zero-order chi connectivity index (χ0) is 29.0. The lowest BCUT2D eigenvalue weighted by atomic mass is 9.85. The van der Waals surface area contributed by atoms with E-state index in [2.05, 4.69) is 34.1 Å². The maximum absolute atomic E-state index is 14.4. The van der Waals surface area contributed by atoms with Crippen molar-refractivity contribution in [2.75, 3.05) is 26.2 Å². The fraction of sp³-hybridized carbons (Fsp3) is 0.364. The van der Waals surface area contributed by atoms with E-state index in [1.807, 2.05) is 6.07 Å². The van der Waals surface area contributed by atoms with E-state index in [1.165, 1.54) is 17.7 Å². The van der Waals surface area contributed by atoms with Gasteiger partial charge >= 0.3 is 5.97 Å². The molecule has 0 amide bonds. The van der Waals surface area contributed by atoms with Crippen LogP contribution in [-0.2, 0) is 41.4 Å². The molecule has 0 aliphatic carbocycles. The minimum Gasteiger partial charge on any atom is -0.460 e. The Morgan fingerprint density at radius 1 is 0.976 bits per heavy atom. The Bertz CT molecular complexity index is 1760. The van der Waals surface area contributed by atoms with Gasteiger partial charge in [0.05, 0.1) is 35.4 Å². The summed E-state index contributed by atoms with van der Waals surface area (Å²) in [6.07, 6.45) is 0.0345. The second-order valence-corrected chi connectivity index (χ2v) is 11.7. The number of halogens is 1. The Kier molecular flexibility index (Phi) is 6.68. The molecule has 2 aromatic carbocycles. The van der Waals surface area contributed by atoms with Gasteiger partial charge in [0, 0.05) is 56.3 Å². The van der Waals surface area contributed by atoms with Crippen molar-refractivity contribution in [3.63, 3.8) is 0 Å². The number of aromatic nitrogens is 2. The first-order valence-electron chi connectivity index (χ1n) is 14.6. The van der Waals surface area contributed by atoms with Gasteiger partial charge in [0.1, 0.15) is 18.0 Å². The molecule has 0 bridgehead atoms. The third-order valence-corrected chi connectivity index (χ3v) is 9.12. The predicted molar refractivity (Wildman–Crippen MR) is 156 cm³/mol. The van der Waals surface area contributed by atoms with Gasteiger partial charge in [-0.25, -0.2) is 9.37 Å². The highest BCUT2D eigenvalue weighted by atomic mass is 19.1. The maximum atomic E-state index is 14.4. The number of benzene rings is 2. The van der Waals surface area contributed by atoms with Crippen LogP contribution >= 0.6 is 0 Å². The zero-order valence-electron chi connectivity index (χ0n) is 23.6. The molecule has 2 aromatic heterocycles. The summed E-state index contributed by atoms with van der Waals surface area (Å²) < 4.78 is 21.4. The zero-order valence-corrected chi connectivity index (χ0v) is 23.6. The lowest BCUT2D eigenvalue weighted by Crippen LogP contribution is -2.45. The van der Waals surface area contributed by atoms with Crippen molar-refractivity contribution < 1.29 is 19.0 Å². The molecule has 0 spiro atoms. The molecule has 1 fully saturated rings. The molecule has 216 valence electrons. The first-order chi connectivity index (χ1) is 20.3. The fourth-order valence-corrected chi connectivity index (χ4v) is 6.69. The number of carbonyl (C=O) groups excluding carboxylic acids is 1. The molecule has 1 N–H and O–H groups in total. The summed E-state index contributed by atoms with van der Waals surface area (Å²) in [6.45, 7) is 7.17. The third-order valence-electron chi connectivity index (χ3n) is 9.12. The number of pyridine rings is 2. The highest BCUT2D eigenvalue weighted by Crippen LogP contribution is 2.40. The van der Waals surface area contributed by atoms with E-state index in [4.69, 9.17) is 9.72 Å². The molecular formula is C33H33FN4O4. The molecule has 0 radical (unpaired) electrons. The molecule has 0 saturated carbocycles. The van der Waals surface area contributed by atoms with Crippen LogP contribution in [0.4, 0.5) is 4.39 Å². The van der Waals surface area contributed by atoms with E-state index in [1.54, 1.807) is 23.6 Å². The van der Waals surface area contributed by atoms with E-state index in [0.717, 1.165) is 49.2 Å². The molecule has 3 aliphatic heterocycles. The number of cyclic esters (lactones) is 1. The lowest BCUT2D eigenvalue weighted by Gasteiger charge is -2.35. The van der Waals surface area contributed by atoms with Crippen LogP contribution in [-0.4, -0.2) is 56.6 Å². The summed E-state index contributed by atoms with van der Waals surface area (Å²) in [5.41, 5.74) is 3.94. The van der Waals surface area contributed by atoms with Gasteiger partial charge in [-0.05, 0) is 41.3 Å². The molecular weight excluding hydrogens is 535 g/mol. The third kappa shape index (κ3) is 4.62. The number of rotatable bonds is 5. The molecule has 4 aromatic rings. The number of fused-ring (bicyclic) bond motifs is 5. The summed E-state index contributed by atoms with van der Waals surface area (Å²) in [6, 6.07) is 17.0. The first kappa shape index (κ1) is 26.9. The number of piperazine rings is 1. The normalized spacial score (nSPS) is 20.6. The van der Waals surface area contributed by atoms with Crippen LogP contribution in [0.3, 0.4) is 0 Å². The van der Waals surface area contributed by atoms with E-state index >= 15 is 0 Å². The minimum absolute atomic E-state index is 0.174. The quantitative estimate of drug-likeness (QED) is 0.322. The average Bonchev–Trinajstić information content (AvgIpc) is 3.30. The Morgan fingerprint density at radius 3 is 2.45 bits per heavy atom. The number of aliphatic hydroxyl groups is 1. The highest BCUT2D eigenvalue weighted by Gasteiger charge is 2.40. The molecule has 8 nitrogen and oxygen atoms in total. The van der Waals surface area contributed by atoms with Crippen LogP contribution in [0.2, 0.25) is 0 Å². The van der Waals surface area contributed by atoms with Crippen molar-refractivity contribution in [2.45, 2.75) is 51.6 Å². The number of esters is 1. The summed E-state index contributed by atoms with van der Waals surface area (Å²) >= 11 is 0. The van der Waals surface area contributed by atoms with Gasteiger partial charge in [-0.1, -0.05) is 37.3 Å². The van der Waals surface area contributed by atoms with Gasteiger partial charge < -0.3 is 14.4 Å². The SMILES string of the molecule is CCC1(O)CC(=O)OCc2c1cc1n(c2=O)Cc2c-1nc1cc(F)ccc1c2CN1CCN(Cc2ccccc2)CC1. The topological polar surface area (TPSA) is 87.9 Å². The molecule has 1 unspecified atom stereocenters. The molecule has 5 heterocycles. The lowest BCUT2D eigenvalue weighted by molar-refractivity contribution is -0.149. The van der Waals surface area contributed by atoms with Crippen molar-refractivity contribution in [3.05, 3.63) is 98.6 Å². The van der Waals surface area contributed by atoms with Gasteiger partial charge in [-0.2, -0.15) is 0 Å². The Balaban J connectivity index is 1.26. The van der Waals surface area contributed by atoms with E-state index < -0.39 is 11.6 Å². The number of hydrogen-bond acceptors (Lipinski definition) is 7. The van der Waals surface area contributed by atoms with Crippen LogP contribution in [0.1, 0.15) is 47.6 Å². The molecule has 3 aliphatic rings. The van der Waals surface area contributed by atoms with Crippen LogP contribution in [0.25, 0.3) is 22.3 Å². The second kappa shape index (κ2) is 10.4.